The maximum absolute atomic E-state index is 2.47. The van der Waals surface area contributed by atoms with E-state index in [2.05, 4.69) is 263 Å². The predicted octanol–water partition coefficient (Wildman–Crippen LogP) is 17.3. The number of rotatable bonds is 8. The lowest BCUT2D eigenvalue weighted by molar-refractivity contribution is 0.889. The van der Waals surface area contributed by atoms with Crippen LogP contribution < -0.4 is 4.90 Å². The lowest BCUT2D eigenvalue weighted by atomic mass is 9.98. The average molecular weight is 856 g/mol. The summed E-state index contributed by atoms with van der Waals surface area (Å²) in [4.78, 5) is 2.38. The molecular weight excluding hydrogens is 811 g/mol. The molecule has 10 aromatic carbocycles. The van der Waals surface area contributed by atoms with Crippen LogP contribution in [-0.4, -0.2) is 9.13 Å². The molecule has 0 bridgehead atoms. The highest BCUT2D eigenvalue weighted by Gasteiger charge is 2.20. The van der Waals surface area contributed by atoms with Crippen molar-refractivity contribution >= 4 is 66.6 Å². The van der Waals surface area contributed by atoms with Gasteiger partial charge >= 0.3 is 0 Å². The molecule has 1 aliphatic carbocycles. The van der Waals surface area contributed by atoms with Gasteiger partial charge in [0.1, 0.15) is 0 Å². The predicted molar refractivity (Wildman–Crippen MR) is 283 cm³/mol. The molecular formula is C64H45N3. The number of benzene rings is 10. The molecule has 0 spiro atoms. The second-order valence-electron chi connectivity index (χ2n) is 17.6. The van der Waals surface area contributed by atoms with Crippen LogP contribution in [0.4, 0.5) is 17.1 Å². The molecule has 3 nitrogen and oxygen atoms in total. The lowest BCUT2D eigenvalue weighted by Crippen LogP contribution is -2.10. The highest BCUT2D eigenvalue weighted by molar-refractivity contribution is 6.10. The van der Waals surface area contributed by atoms with Gasteiger partial charge in [-0.05, 0) is 124 Å². The highest BCUT2D eigenvalue weighted by Crippen LogP contribution is 2.41. The minimum Gasteiger partial charge on any atom is -0.313 e. The van der Waals surface area contributed by atoms with E-state index < -0.39 is 0 Å². The number of anilines is 3. The Kier molecular flexibility index (Phi) is 9.31. The van der Waals surface area contributed by atoms with Gasteiger partial charge in [0.15, 0.2) is 0 Å². The van der Waals surface area contributed by atoms with Crippen molar-refractivity contribution < 1.29 is 0 Å². The molecule has 0 amide bonds. The number of nitrogens with zero attached hydrogens (tertiary/aromatic N) is 3. The van der Waals surface area contributed by atoms with Crippen LogP contribution in [0.1, 0.15) is 17.7 Å². The Balaban J connectivity index is 0.893. The second-order valence-corrected chi connectivity index (χ2v) is 17.6. The standard InChI is InChI=1S/C64H45N3/c1-2-19-53-45(15-1)16-14-25-54(53)46-33-39-50(40-34-46)65(49-37-31-44(32-38-49)48-17-13-18-52(43-48)66-61-27-9-4-21-56(61)57-22-5-10-28-62(57)66)51-41-35-47(36-42-51)55-20-3-8-26-60(55)67-63-29-11-6-23-58(63)59-24-7-12-30-64(59)67/h1-9,11-27,29-43H,10,28H2. The second kappa shape index (κ2) is 16.1. The zero-order chi connectivity index (χ0) is 44.3. The SMILES string of the molecule is C1=Cc2c(n(-c3cccc(-c4ccc(N(c5ccc(-c6ccccc6-n6c7ccccc7c7ccccc76)cc5)c5ccc(-c6cccc7ccccc67)cc5)cc4)c3)c3ccccc23)CC1. The molecule has 0 saturated carbocycles. The summed E-state index contributed by atoms with van der Waals surface area (Å²) in [6.45, 7) is 0. The minimum atomic E-state index is 1.03. The van der Waals surface area contributed by atoms with Gasteiger partial charge in [0, 0.05) is 55.7 Å². The van der Waals surface area contributed by atoms with Crippen LogP contribution in [0.3, 0.4) is 0 Å². The summed E-state index contributed by atoms with van der Waals surface area (Å²) in [5.41, 5.74) is 19.2. The first-order valence-electron chi connectivity index (χ1n) is 23.3. The van der Waals surface area contributed by atoms with Crippen LogP contribution >= 0.6 is 0 Å². The van der Waals surface area contributed by atoms with Crippen LogP contribution in [-0.2, 0) is 6.42 Å². The third kappa shape index (κ3) is 6.58. The maximum atomic E-state index is 2.47. The maximum Gasteiger partial charge on any atom is 0.0541 e. The minimum absolute atomic E-state index is 1.03. The van der Waals surface area contributed by atoms with E-state index in [0.717, 1.165) is 41.2 Å². The van der Waals surface area contributed by atoms with Gasteiger partial charge in [-0.3, -0.25) is 0 Å². The fourth-order valence-electron chi connectivity index (χ4n) is 10.7. The van der Waals surface area contributed by atoms with E-state index in [1.165, 1.54) is 88.2 Å². The van der Waals surface area contributed by atoms with Crippen LogP contribution in [0.25, 0.3) is 94.3 Å². The van der Waals surface area contributed by atoms with E-state index in [1.54, 1.807) is 0 Å². The molecule has 0 fully saturated rings. The van der Waals surface area contributed by atoms with E-state index in [9.17, 15) is 0 Å². The Morgan fingerprint density at radius 2 is 0.866 bits per heavy atom. The highest BCUT2D eigenvalue weighted by atomic mass is 15.1. The van der Waals surface area contributed by atoms with E-state index in [0.29, 0.717) is 0 Å². The molecule has 3 heteroatoms. The first-order chi connectivity index (χ1) is 33.2. The molecule has 13 rings (SSSR count). The topological polar surface area (TPSA) is 13.1 Å². The van der Waals surface area contributed by atoms with E-state index in [1.807, 2.05) is 0 Å². The summed E-state index contributed by atoms with van der Waals surface area (Å²) in [7, 11) is 0. The van der Waals surface area contributed by atoms with E-state index in [-0.39, 0.29) is 0 Å². The van der Waals surface area contributed by atoms with Gasteiger partial charge in [-0.15, -0.1) is 0 Å². The molecule has 1 aliphatic rings. The number of fused-ring (bicyclic) bond motifs is 7. The third-order valence-electron chi connectivity index (χ3n) is 13.8. The number of hydrogen-bond acceptors (Lipinski definition) is 1. The molecule has 316 valence electrons. The van der Waals surface area contributed by atoms with Crippen LogP contribution in [0, 0.1) is 0 Å². The van der Waals surface area contributed by atoms with Crippen LogP contribution in [0.15, 0.2) is 243 Å². The Morgan fingerprint density at radius 1 is 0.358 bits per heavy atom. The van der Waals surface area contributed by atoms with Crippen molar-refractivity contribution in [1.82, 2.24) is 9.13 Å². The molecule has 2 heterocycles. The van der Waals surface area contributed by atoms with Gasteiger partial charge in [-0.2, -0.15) is 0 Å². The Bertz CT molecular complexity index is 3790. The van der Waals surface area contributed by atoms with Crippen molar-refractivity contribution in [2.75, 3.05) is 4.90 Å². The monoisotopic (exact) mass is 855 g/mol. The Morgan fingerprint density at radius 3 is 1.55 bits per heavy atom. The molecule has 0 unspecified atom stereocenters. The molecule has 0 atom stereocenters. The number of para-hydroxylation sites is 4. The van der Waals surface area contributed by atoms with Crippen molar-refractivity contribution in [2.24, 2.45) is 0 Å². The first kappa shape index (κ1) is 38.8. The molecule has 0 aliphatic heterocycles. The number of hydrogen-bond donors (Lipinski definition) is 0. The van der Waals surface area contributed by atoms with Crippen molar-refractivity contribution in [3.05, 3.63) is 254 Å². The molecule has 0 saturated heterocycles. The van der Waals surface area contributed by atoms with Gasteiger partial charge < -0.3 is 14.0 Å². The van der Waals surface area contributed by atoms with Gasteiger partial charge in [-0.25, -0.2) is 0 Å². The van der Waals surface area contributed by atoms with Gasteiger partial charge in [-0.1, -0.05) is 176 Å². The van der Waals surface area contributed by atoms with Crippen LogP contribution in [0.2, 0.25) is 0 Å². The number of aromatic nitrogens is 2. The first-order valence-corrected chi connectivity index (χ1v) is 23.3. The summed E-state index contributed by atoms with van der Waals surface area (Å²) in [5.74, 6) is 0. The molecule has 67 heavy (non-hydrogen) atoms. The van der Waals surface area contributed by atoms with E-state index >= 15 is 0 Å². The Labute approximate surface area is 390 Å². The van der Waals surface area contributed by atoms with Gasteiger partial charge in [0.2, 0.25) is 0 Å². The van der Waals surface area contributed by atoms with Crippen molar-refractivity contribution in [2.45, 2.75) is 12.8 Å². The summed E-state index contributed by atoms with van der Waals surface area (Å²) >= 11 is 0. The fraction of sp³-hybridized carbons (Fsp3) is 0.0312. The normalized spacial score (nSPS) is 12.3. The van der Waals surface area contributed by atoms with Crippen molar-refractivity contribution in [1.29, 1.82) is 0 Å². The molecule has 2 aromatic heterocycles. The third-order valence-corrected chi connectivity index (χ3v) is 13.8. The lowest BCUT2D eigenvalue weighted by Gasteiger charge is -2.26. The zero-order valence-corrected chi connectivity index (χ0v) is 36.9. The van der Waals surface area contributed by atoms with Crippen molar-refractivity contribution in [3.8, 4) is 44.8 Å². The van der Waals surface area contributed by atoms with Gasteiger partial charge in [0.05, 0.1) is 22.2 Å². The zero-order valence-electron chi connectivity index (χ0n) is 36.9. The van der Waals surface area contributed by atoms with Crippen LogP contribution in [0.5, 0.6) is 0 Å². The fourth-order valence-corrected chi connectivity index (χ4v) is 10.7. The molecule has 12 aromatic rings. The van der Waals surface area contributed by atoms with Gasteiger partial charge in [0.25, 0.3) is 0 Å². The molecule has 0 radical (unpaired) electrons. The summed E-state index contributed by atoms with van der Waals surface area (Å²) in [6, 6.07) is 86.5. The largest absolute Gasteiger partial charge is 0.313 e. The average Bonchev–Trinajstić information content (AvgIpc) is 3.92. The smallest absolute Gasteiger partial charge is 0.0541 e. The summed E-state index contributed by atoms with van der Waals surface area (Å²) in [6.07, 6.45) is 6.71. The summed E-state index contributed by atoms with van der Waals surface area (Å²) in [5, 5.41) is 6.33. The number of allylic oxidation sites excluding steroid dienone is 1. The van der Waals surface area contributed by atoms with E-state index in [4.69, 9.17) is 0 Å². The molecule has 0 N–H and O–H groups in total. The quantitative estimate of drug-likeness (QED) is 0.148. The summed E-state index contributed by atoms with van der Waals surface area (Å²) < 4.78 is 4.89. The van der Waals surface area contributed by atoms with Crippen molar-refractivity contribution in [3.63, 3.8) is 0 Å². The Hall–Kier alpha value is -8.66.